The van der Waals surface area contributed by atoms with Gasteiger partial charge in [0.2, 0.25) is 0 Å². The molecule has 1 aliphatic heterocycles. The number of aliphatic hydroxyl groups excluding tert-OH is 1. The molecule has 0 amide bonds. The average Bonchev–Trinajstić information content (AvgIpc) is 2.44. The van der Waals surface area contributed by atoms with Crippen LogP contribution in [-0.2, 0) is 13.8 Å². The summed E-state index contributed by atoms with van der Waals surface area (Å²) in [5.41, 5.74) is 4.79. The molecule has 4 N–H and O–H groups in total. The molecule has 0 radical (unpaired) electrons. The van der Waals surface area contributed by atoms with Crippen molar-refractivity contribution in [1.29, 1.82) is 0 Å². The molecule has 1 saturated heterocycles. The van der Waals surface area contributed by atoms with Crippen LogP contribution in [0.25, 0.3) is 0 Å². The minimum absolute atomic E-state index is 0.0804. The van der Waals surface area contributed by atoms with E-state index in [4.69, 9.17) is 19.5 Å². The van der Waals surface area contributed by atoms with Crippen molar-refractivity contribution in [3.8, 4) is 0 Å². The van der Waals surface area contributed by atoms with E-state index in [9.17, 15) is 14.8 Å². The molecule has 0 saturated carbocycles. The van der Waals surface area contributed by atoms with Crippen molar-refractivity contribution in [2.45, 2.75) is 25.4 Å². The molecule has 1 aliphatic rings. The van der Waals surface area contributed by atoms with Crippen molar-refractivity contribution in [2.24, 2.45) is 0 Å². The fraction of sp³-hybridized carbons (Fsp3) is 0.600. The molecule has 0 aliphatic carbocycles. The average molecular weight is 319 g/mol. The summed E-state index contributed by atoms with van der Waals surface area (Å²) < 4.78 is 17.2. The van der Waals surface area contributed by atoms with E-state index in [2.05, 4.69) is 4.98 Å². The summed E-state index contributed by atoms with van der Waals surface area (Å²) in [5, 5.41) is 10.2. The molecule has 2 rings (SSSR count). The molecule has 2 heterocycles. The number of hydrogen-bond donors (Lipinski definition) is 3. The van der Waals surface area contributed by atoms with Gasteiger partial charge in [-0.15, -0.1) is 0 Å². The van der Waals surface area contributed by atoms with E-state index in [1.54, 1.807) is 6.92 Å². The second kappa shape index (κ2) is 6.39. The van der Waals surface area contributed by atoms with E-state index in [0.29, 0.717) is 0 Å². The predicted molar refractivity (Wildman–Crippen MR) is 79.5 cm³/mol. The zero-order valence-electron chi connectivity index (χ0n) is 11.8. The molecule has 3 atom stereocenters. The summed E-state index contributed by atoms with van der Waals surface area (Å²) in [4.78, 5) is 25.4. The molecule has 0 spiro atoms. The van der Waals surface area contributed by atoms with Crippen LogP contribution in [0.3, 0.4) is 0 Å². The molecule has 1 aromatic rings. The third-order valence-electron chi connectivity index (χ3n) is 2.93. The van der Waals surface area contributed by atoms with E-state index < -0.39 is 31.9 Å². The van der Waals surface area contributed by atoms with Gasteiger partial charge in [0.05, 0.1) is 0 Å². The van der Waals surface area contributed by atoms with Crippen LogP contribution in [0.5, 0.6) is 0 Å². The van der Waals surface area contributed by atoms with Crippen LogP contribution in [0.4, 0.5) is 5.82 Å². The van der Waals surface area contributed by atoms with Crippen molar-refractivity contribution in [1.82, 2.24) is 9.55 Å². The summed E-state index contributed by atoms with van der Waals surface area (Å²) >= 11 is 0. The summed E-state index contributed by atoms with van der Waals surface area (Å²) in [5.74, 6) is 0.0804. The van der Waals surface area contributed by atoms with E-state index in [1.165, 1.54) is 19.8 Å². The minimum atomic E-state index is -3.30. The van der Waals surface area contributed by atoms with Gasteiger partial charge in [-0.2, -0.15) is 0 Å². The van der Waals surface area contributed by atoms with Gasteiger partial charge >= 0.3 is 122 Å². The second-order valence-electron chi connectivity index (χ2n) is 4.97. The molecule has 0 unspecified atom stereocenters. The number of hydrogen-bond acceptors (Lipinski definition) is 8. The Morgan fingerprint density at radius 2 is 2.19 bits per heavy atom. The molecule has 118 valence electrons. The first-order chi connectivity index (χ1) is 9.78. The van der Waals surface area contributed by atoms with Gasteiger partial charge < -0.3 is 0 Å². The van der Waals surface area contributed by atoms with E-state index >= 15 is 0 Å². The molecule has 1 fully saturated rings. The number of rotatable bonds is 1. The first-order valence-electron chi connectivity index (χ1n) is 6.47. The number of nitrogen functional groups attached to an aromatic ring is 1. The second-order valence-corrected chi connectivity index (χ2v) is 7.34. The first kappa shape index (κ1) is 16.3. The number of aromatic nitrogens is 2. The van der Waals surface area contributed by atoms with Gasteiger partial charge in [-0.1, -0.05) is 0 Å². The van der Waals surface area contributed by atoms with E-state index in [-0.39, 0.29) is 19.0 Å². The third-order valence-corrected chi connectivity index (χ3v) is 4.34. The number of nitrogens with zero attached hydrogens (tertiary/aromatic N) is 2. The van der Waals surface area contributed by atoms with Crippen LogP contribution in [0, 0.1) is 0 Å². The Morgan fingerprint density at radius 3 is 2.86 bits per heavy atom. The number of nitrogens with two attached hydrogens (primary N) is 1. The fourth-order valence-corrected chi connectivity index (χ4v) is 2.98. The Labute approximate surface area is 122 Å². The van der Waals surface area contributed by atoms with Crippen LogP contribution < -0.4 is 11.4 Å². The number of ether oxygens (including phenoxy) is 1. The zero-order valence-corrected chi connectivity index (χ0v) is 12.8. The van der Waals surface area contributed by atoms with Gasteiger partial charge in [0, 0.05) is 0 Å². The SMILES string of the molecule is B[PH]1(O)OC[C@H](C)O[C@@H](n2ccc(N)nc2=O)[C@@H](O)CO1. The normalized spacial score (nSPS) is 31.7. The Balaban J connectivity index is 2.29. The molecule has 9 nitrogen and oxygen atoms in total. The van der Waals surface area contributed by atoms with Gasteiger partial charge in [-0.3, -0.25) is 0 Å². The maximum atomic E-state index is 11.9. The third kappa shape index (κ3) is 4.22. The first-order valence-corrected chi connectivity index (χ1v) is 8.73. The number of aliphatic hydroxyl groups is 1. The summed E-state index contributed by atoms with van der Waals surface area (Å²) in [7, 11) is -1.86. The van der Waals surface area contributed by atoms with E-state index in [1.807, 2.05) is 0 Å². The predicted octanol–water partition coefficient (Wildman–Crippen LogP) is -1.83. The van der Waals surface area contributed by atoms with Gasteiger partial charge in [0.1, 0.15) is 0 Å². The molecule has 0 aromatic carbocycles. The van der Waals surface area contributed by atoms with Crippen LogP contribution in [0.15, 0.2) is 17.1 Å². The molecular weight excluding hydrogens is 300 g/mol. The van der Waals surface area contributed by atoms with Crippen LogP contribution >= 0.6 is 7.82 Å². The quantitative estimate of drug-likeness (QED) is 0.407. The van der Waals surface area contributed by atoms with Crippen molar-refractivity contribution in [3.63, 3.8) is 0 Å². The van der Waals surface area contributed by atoms with Crippen LogP contribution in [0.1, 0.15) is 13.2 Å². The van der Waals surface area contributed by atoms with Crippen molar-refractivity contribution in [2.75, 3.05) is 18.9 Å². The van der Waals surface area contributed by atoms with Gasteiger partial charge in [-0.05, 0) is 0 Å². The monoisotopic (exact) mass is 319 g/mol. The van der Waals surface area contributed by atoms with E-state index in [0.717, 1.165) is 4.57 Å². The Bertz CT molecular complexity index is 556. The van der Waals surface area contributed by atoms with Crippen molar-refractivity contribution >= 4 is 21.2 Å². The number of anilines is 1. The van der Waals surface area contributed by atoms with Crippen molar-refractivity contribution in [3.05, 3.63) is 22.7 Å². The Hall–Kier alpha value is -1.03. The summed E-state index contributed by atoms with van der Waals surface area (Å²) in [6.07, 6.45) is -1.25. The fourth-order valence-electron chi connectivity index (χ4n) is 1.87. The summed E-state index contributed by atoms with van der Waals surface area (Å²) in [6.45, 7) is 1.55. The Morgan fingerprint density at radius 1 is 1.52 bits per heavy atom. The maximum absolute atomic E-state index is 11.9. The standard InChI is InChI=1S/C10H19BN3O6P/c1-6-4-18-21(11,17)19-5-7(15)9(20-6)14-3-2-8(12)13-10(14)16/h2-3,6-7,9,15,17,21H,4-5,11H2,1H3,(H2,12,13,16)/t6-,7-,9+/m0/s1. The topological polar surface area (TPSA) is 129 Å². The van der Waals surface area contributed by atoms with Crippen LogP contribution in [-0.4, -0.2) is 52.5 Å². The molecule has 21 heavy (non-hydrogen) atoms. The molecule has 11 heteroatoms. The Kier molecular flexibility index (Phi) is 4.97. The van der Waals surface area contributed by atoms with Gasteiger partial charge in [-0.25, -0.2) is 0 Å². The molecule has 1 aromatic heterocycles. The van der Waals surface area contributed by atoms with Crippen molar-refractivity contribution < 1.29 is 23.8 Å². The zero-order chi connectivity index (χ0) is 15.6. The van der Waals surface area contributed by atoms with Gasteiger partial charge in [0.25, 0.3) is 0 Å². The van der Waals surface area contributed by atoms with Gasteiger partial charge in [0.15, 0.2) is 0 Å². The molecule has 0 bridgehead atoms. The summed E-state index contributed by atoms with van der Waals surface area (Å²) in [6, 6.07) is 1.43. The van der Waals surface area contributed by atoms with Crippen LogP contribution in [0.2, 0.25) is 0 Å². The molecular formula is C10H19BN3O6P.